The number of rotatable bonds is 1. The Morgan fingerprint density at radius 1 is 1.12 bits per heavy atom. The maximum absolute atomic E-state index is 12.9. The van der Waals surface area contributed by atoms with Gasteiger partial charge in [-0.15, -0.1) is 0 Å². The largest absolute Gasteiger partial charge is 0.508 e. The summed E-state index contributed by atoms with van der Waals surface area (Å²) in [6.45, 7) is 0. The summed E-state index contributed by atoms with van der Waals surface area (Å²) in [7, 11) is 3.03. The number of Topliss-reactive ketones (excluding diaryl/α,β-unsaturated/α-hetero) is 1. The van der Waals surface area contributed by atoms with Crippen LogP contribution in [0.1, 0.15) is 36.3 Å². The number of phenols is 1. The zero-order valence-corrected chi connectivity index (χ0v) is 14.6. The predicted octanol–water partition coefficient (Wildman–Crippen LogP) is 1.35. The summed E-state index contributed by atoms with van der Waals surface area (Å²) in [6, 6.07) is 6.59. The number of carbonyl (C=O) groups excluding carboxylic acids is 1. The van der Waals surface area contributed by atoms with Crippen molar-refractivity contribution in [2.24, 2.45) is 14.1 Å². The minimum atomic E-state index is -0.605. The topological polar surface area (TPSA) is 93.3 Å². The average Bonchev–Trinajstić information content (AvgIpc) is 2.63. The number of fused-ring (bicyclic) bond motifs is 1. The Morgan fingerprint density at radius 3 is 2.62 bits per heavy atom. The summed E-state index contributed by atoms with van der Waals surface area (Å²) in [6.07, 6.45) is 1.84. The monoisotopic (exact) mass is 353 g/mol. The SMILES string of the molecule is Cn1c2c(c(=O)n(C)c1=O)C(c1cccc(O)c1)C1=C(CCCC1=O)N2. The molecule has 26 heavy (non-hydrogen) atoms. The van der Waals surface area contributed by atoms with Gasteiger partial charge in [0, 0.05) is 37.7 Å². The van der Waals surface area contributed by atoms with Crippen molar-refractivity contribution in [1.29, 1.82) is 0 Å². The van der Waals surface area contributed by atoms with Crippen LogP contribution >= 0.6 is 0 Å². The summed E-state index contributed by atoms with van der Waals surface area (Å²) in [5.41, 5.74) is 1.46. The zero-order valence-electron chi connectivity index (χ0n) is 14.6. The van der Waals surface area contributed by atoms with Crippen molar-refractivity contribution in [3.8, 4) is 5.75 Å². The number of hydrogen-bond acceptors (Lipinski definition) is 5. The molecule has 1 aliphatic carbocycles. The van der Waals surface area contributed by atoms with Crippen LogP contribution in [0.15, 0.2) is 45.1 Å². The fourth-order valence-electron chi connectivity index (χ4n) is 3.93. The molecule has 134 valence electrons. The lowest BCUT2D eigenvalue weighted by Gasteiger charge is -2.34. The Labute approximate surface area is 149 Å². The van der Waals surface area contributed by atoms with Crippen LogP contribution in [-0.4, -0.2) is 20.0 Å². The molecule has 1 unspecified atom stereocenters. The summed E-state index contributed by atoms with van der Waals surface area (Å²) in [5, 5.41) is 13.1. The lowest BCUT2D eigenvalue weighted by Crippen LogP contribution is -2.44. The first kappa shape index (κ1) is 16.4. The van der Waals surface area contributed by atoms with Crippen LogP contribution < -0.4 is 16.6 Å². The Kier molecular flexibility index (Phi) is 3.61. The molecule has 0 radical (unpaired) electrons. The summed E-state index contributed by atoms with van der Waals surface area (Å²) >= 11 is 0. The van der Waals surface area contributed by atoms with Gasteiger partial charge in [0.15, 0.2) is 5.78 Å². The molecular weight excluding hydrogens is 334 g/mol. The molecule has 7 heteroatoms. The highest BCUT2D eigenvalue weighted by molar-refractivity contribution is 6.00. The number of benzene rings is 1. The van der Waals surface area contributed by atoms with Crippen molar-refractivity contribution >= 4 is 11.6 Å². The molecule has 2 N–H and O–H groups in total. The van der Waals surface area contributed by atoms with E-state index in [-0.39, 0.29) is 11.5 Å². The van der Waals surface area contributed by atoms with E-state index in [9.17, 15) is 19.5 Å². The molecule has 0 saturated heterocycles. The van der Waals surface area contributed by atoms with Crippen molar-refractivity contribution in [3.05, 3.63) is 67.5 Å². The number of ketones is 1. The van der Waals surface area contributed by atoms with Gasteiger partial charge in [-0.05, 0) is 30.5 Å². The van der Waals surface area contributed by atoms with Gasteiger partial charge in [-0.1, -0.05) is 12.1 Å². The second kappa shape index (κ2) is 5.72. The fraction of sp³-hybridized carbons (Fsp3) is 0.316. The fourth-order valence-corrected chi connectivity index (χ4v) is 3.93. The van der Waals surface area contributed by atoms with E-state index < -0.39 is 17.2 Å². The third-order valence-corrected chi connectivity index (χ3v) is 5.21. The highest BCUT2D eigenvalue weighted by atomic mass is 16.3. The van der Waals surface area contributed by atoms with Crippen LogP contribution in [0.3, 0.4) is 0 Å². The van der Waals surface area contributed by atoms with E-state index in [1.165, 1.54) is 11.6 Å². The maximum Gasteiger partial charge on any atom is 0.332 e. The molecule has 2 aromatic rings. The van der Waals surface area contributed by atoms with E-state index in [1.54, 1.807) is 31.3 Å². The average molecular weight is 353 g/mol. The van der Waals surface area contributed by atoms with E-state index in [4.69, 9.17) is 0 Å². The third-order valence-electron chi connectivity index (χ3n) is 5.21. The molecule has 2 aliphatic rings. The quantitative estimate of drug-likeness (QED) is 0.807. The zero-order chi connectivity index (χ0) is 18.6. The number of aromatic hydroxyl groups is 1. The van der Waals surface area contributed by atoms with Crippen molar-refractivity contribution in [2.75, 3.05) is 5.32 Å². The summed E-state index contributed by atoms with van der Waals surface area (Å²) in [5.74, 6) is -0.130. The molecule has 1 atom stereocenters. The first-order chi connectivity index (χ1) is 12.4. The number of hydrogen-bond donors (Lipinski definition) is 2. The Morgan fingerprint density at radius 2 is 1.88 bits per heavy atom. The lowest BCUT2D eigenvalue weighted by atomic mass is 9.76. The highest BCUT2D eigenvalue weighted by Crippen LogP contribution is 2.43. The van der Waals surface area contributed by atoms with E-state index in [2.05, 4.69) is 5.32 Å². The van der Waals surface area contributed by atoms with Gasteiger partial charge in [-0.3, -0.25) is 18.7 Å². The standard InChI is InChI=1S/C19H19N3O4/c1-21-17-16(18(25)22(2)19(21)26)14(10-5-3-6-11(23)9-10)15-12(20-17)7-4-8-13(15)24/h3,5-6,9,14,20,23H,4,7-8H2,1-2H3. The first-order valence-corrected chi connectivity index (χ1v) is 8.52. The number of phenolic OH excluding ortho intramolecular Hbond substituents is 1. The van der Waals surface area contributed by atoms with E-state index in [0.717, 1.165) is 16.7 Å². The van der Waals surface area contributed by atoms with E-state index in [0.29, 0.717) is 35.4 Å². The number of aromatic nitrogens is 2. The summed E-state index contributed by atoms with van der Waals surface area (Å²) in [4.78, 5) is 38.0. The van der Waals surface area contributed by atoms with Gasteiger partial charge in [0.05, 0.1) is 5.56 Å². The van der Waals surface area contributed by atoms with Crippen molar-refractivity contribution in [1.82, 2.24) is 9.13 Å². The van der Waals surface area contributed by atoms with Gasteiger partial charge in [-0.2, -0.15) is 0 Å². The first-order valence-electron chi connectivity index (χ1n) is 8.52. The summed E-state index contributed by atoms with van der Waals surface area (Å²) < 4.78 is 2.45. The van der Waals surface area contributed by atoms with Gasteiger partial charge in [0.1, 0.15) is 11.6 Å². The molecule has 0 bridgehead atoms. The molecule has 1 aromatic carbocycles. The predicted molar refractivity (Wildman–Crippen MR) is 96.4 cm³/mol. The van der Waals surface area contributed by atoms with Crippen molar-refractivity contribution < 1.29 is 9.90 Å². The van der Waals surface area contributed by atoms with Gasteiger partial charge >= 0.3 is 5.69 Å². The van der Waals surface area contributed by atoms with Crippen LogP contribution in [-0.2, 0) is 18.9 Å². The van der Waals surface area contributed by atoms with Crippen LogP contribution in [0.2, 0.25) is 0 Å². The van der Waals surface area contributed by atoms with E-state index in [1.807, 2.05) is 0 Å². The minimum Gasteiger partial charge on any atom is -0.508 e. The molecule has 4 rings (SSSR count). The number of anilines is 1. The van der Waals surface area contributed by atoms with E-state index >= 15 is 0 Å². The second-order valence-electron chi connectivity index (χ2n) is 6.79. The smallest absolute Gasteiger partial charge is 0.332 e. The van der Waals surface area contributed by atoms with Gasteiger partial charge in [-0.25, -0.2) is 4.79 Å². The Bertz CT molecular complexity index is 1090. The molecule has 7 nitrogen and oxygen atoms in total. The van der Waals surface area contributed by atoms with Crippen LogP contribution in [0.5, 0.6) is 5.75 Å². The van der Waals surface area contributed by atoms with Crippen LogP contribution in [0.25, 0.3) is 0 Å². The van der Waals surface area contributed by atoms with Crippen molar-refractivity contribution in [2.45, 2.75) is 25.2 Å². The third kappa shape index (κ3) is 2.23. The van der Waals surface area contributed by atoms with Gasteiger partial charge in [0.2, 0.25) is 0 Å². The molecule has 1 aliphatic heterocycles. The molecule has 0 fully saturated rings. The molecule has 0 amide bonds. The number of allylic oxidation sites excluding steroid dienone is 2. The molecule has 1 aromatic heterocycles. The van der Waals surface area contributed by atoms with Gasteiger partial charge in [0.25, 0.3) is 5.56 Å². The van der Waals surface area contributed by atoms with Crippen molar-refractivity contribution in [3.63, 3.8) is 0 Å². The molecule has 0 saturated carbocycles. The normalized spacial score (nSPS) is 19.0. The maximum atomic E-state index is 12.9. The number of nitrogens with zero attached hydrogens (tertiary/aromatic N) is 2. The van der Waals surface area contributed by atoms with Crippen LogP contribution in [0.4, 0.5) is 5.82 Å². The Balaban J connectivity index is 2.10. The highest BCUT2D eigenvalue weighted by Gasteiger charge is 2.38. The number of nitrogens with one attached hydrogen (secondary N) is 1. The number of carbonyl (C=O) groups is 1. The molecular formula is C19H19N3O4. The van der Waals surface area contributed by atoms with Crippen LogP contribution in [0, 0.1) is 0 Å². The second-order valence-corrected chi connectivity index (χ2v) is 6.79. The minimum absolute atomic E-state index is 0.00588. The lowest BCUT2D eigenvalue weighted by molar-refractivity contribution is -0.116. The Hall–Kier alpha value is -3.09. The molecule has 0 spiro atoms. The molecule has 2 heterocycles. The van der Waals surface area contributed by atoms with Gasteiger partial charge < -0.3 is 10.4 Å².